The molecule has 0 radical (unpaired) electrons. The van der Waals surface area contributed by atoms with Crippen molar-refractivity contribution < 1.29 is 9.26 Å². The van der Waals surface area contributed by atoms with Crippen LogP contribution in [0.2, 0.25) is 0 Å². The monoisotopic (exact) mass is 354 g/mol. The highest BCUT2D eigenvalue weighted by atomic mass is 28.3. The molecule has 0 aliphatic rings. The van der Waals surface area contributed by atoms with E-state index in [0.717, 1.165) is 35.9 Å². The van der Waals surface area contributed by atoms with Gasteiger partial charge in [-0.15, -0.1) is 0 Å². The Hall–Kier alpha value is -1.87. The summed E-state index contributed by atoms with van der Waals surface area (Å²) in [6, 6.07) is 19.2. The van der Waals surface area contributed by atoms with Gasteiger partial charge in [-0.2, -0.15) is 0 Å². The van der Waals surface area contributed by atoms with Gasteiger partial charge in [0.15, 0.2) is 0 Å². The summed E-state index contributed by atoms with van der Waals surface area (Å²) in [5, 5.41) is 1.84. The van der Waals surface area contributed by atoms with Crippen LogP contribution in [0.5, 0.6) is 0 Å². The minimum absolute atomic E-state index is 0.365. The molecule has 0 saturated heterocycles. The van der Waals surface area contributed by atoms with E-state index in [4.69, 9.17) is 0 Å². The number of hydrogen-bond donors (Lipinski definition) is 0. The lowest BCUT2D eigenvalue weighted by Crippen LogP contribution is -2.33. The third-order valence-corrected chi connectivity index (χ3v) is 5.70. The molecule has 0 aliphatic heterocycles. The van der Waals surface area contributed by atoms with Gasteiger partial charge in [-0.1, -0.05) is 94.8 Å². The van der Waals surface area contributed by atoms with Crippen molar-refractivity contribution in [3.63, 3.8) is 0 Å². The van der Waals surface area contributed by atoms with Crippen molar-refractivity contribution in [2.24, 2.45) is 11.3 Å². The third kappa shape index (κ3) is 8.68. The van der Waals surface area contributed by atoms with E-state index in [-0.39, 0.29) is 0 Å². The average Bonchev–Trinajstić information content (AvgIpc) is 2.61. The Bertz CT molecular complexity index is 589. The van der Waals surface area contributed by atoms with Crippen molar-refractivity contribution in [1.82, 2.24) is 0 Å². The predicted molar refractivity (Wildman–Crippen MR) is 107 cm³/mol. The first-order chi connectivity index (χ1) is 11.9. The van der Waals surface area contributed by atoms with Gasteiger partial charge in [0, 0.05) is 16.8 Å². The van der Waals surface area contributed by atoms with E-state index in [2.05, 4.69) is 27.7 Å². The summed E-state index contributed by atoms with van der Waals surface area (Å²) in [7, 11) is -1.79. The fourth-order valence-corrected chi connectivity index (χ4v) is 4.07. The highest BCUT2D eigenvalue weighted by Crippen LogP contribution is 2.27. The first kappa shape index (κ1) is 21.2. The zero-order valence-corrected chi connectivity index (χ0v) is 16.9. The zero-order valence-electron chi connectivity index (χ0n) is 15.9. The van der Waals surface area contributed by atoms with Crippen LogP contribution in [0.4, 0.5) is 0 Å². The summed E-state index contributed by atoms with van der Waals surface area (Å²) in [4.78, 5) is 10.3. The van der Waals surface area contributed by atoms with E-state index in [9.17, 15) is 9.26 Å². The molecular weight excluding hydrogens is 324 g/mol. The minimum atomic E-state index is -1.79. The van der Waals surface area contributed by atoms with Gasteiger partial charge in [0.05, 0.1) is 0 Å². The van der Waals surface area contributed by atoms with E-state index in [1.54, 1.807) is 0 Å². The Morgan fingerprint density at radius 1 is 0.920 bits per heavy atom. The van der Waals surface area contributed by atoms with Crippen LogP contribution < -0.4 is 10.4 Å². The molecule has 0 heterocycles. The van der Waals surface area contributed by atoms with Crippen molar-refractivity contribution >= 4 is 25.3 Å². The second-order valence-corrected chi connectivity index (χ2v) is 9.32. The van der Waals surface area contributed by atoms with Crippen LogP contribution in [0.15, 0.2) is 60.7 Å². The molecule has 0 aliphatic carbocycles. The van der Waals surface area contributed by atoms with E-state index < -0.39 is 8.68 Å². The minimum Gasteiger partial charge on any atom is -0.376 e. The van der Waals surface area contributed by atoms with Crippen LogP contribution in [-0.2, 0) is 9.26 Å². The third-order valence-electron chi connectivity index (χ3n) is 3.98. The summed E-state index contributed by atoms with van der Waals surface area (Å²) >= 11 is 0. The van der Waals surface area contributed by atoms with Crippen LogP contribution in [0.3, 0.4) is 0 Å². The topological polar surface area (TPSA) is 34.1 Å². The first-order valence-corrected chi connectivity index (χ1v) is 10.4. The molecule has 0 spiro atoms. The Labute approximate surface area is 154 Å². The lowest BCUT2D eigenvalue weighted by atomic mass is 9.82. The van der Waals surface area contributed by atoms with E-state index in [0.29, 0.717) is 11.3 Å². The Morgan fingerprint density at radius 3 is 1.68 bits per heavy atom. The zero-order chi connectivity index (χ0) is 18.7. The van der Waals surface area contributed by atoms with Crippen molar-refractivity contribution in [3.8, 4) is 0 Å². The Morgan fingerprint density at radius 2 is 1.36 bits per heavy atom. The number of carbonyl (C=O) groups is 1. The molecule has 134 valence electrons. The molecule has 0 N–H and O–H groups in total. The van der Waals surface area contributed by atoms with E-state index >= 15 is 0 Å². The van der Waals surface area contributed by atoms with Gasteiger partial charge >= 0.3 is 8.68 Å². The number of hydrogen-bond acceptors (Lipinski definition) is 2. The molecular formula is C22H30O2Si. The molecule has 0 amide bonds. The van der Waals surface area contributed by atoms with Gasteiger partial charge < -0.3 is 9.26 Å². The molecule has 2 nitrogen and oxygen atoms in total. The smallest absolute Gasteiger partial charge is 0.346 e. The number of carbonyl (C=O) groups excluding carboxylic acids is 1. The Kier molecular flexibility index (Phi) is 9.21. The van der Waals surface area contributed by atoms with Gasteiger partial charge in [0.25, 0.3) is 0 Å². The average molecular weight is 355 g/mol. The van der Waals surface area contributed by atoms with Gasteiger partial charge in [0.1, 0.15) is 6.29 Å². The Balaban J connectivity index is 0.000000260. The number of benzene rings is 2. The number of rotatable bonds is 6. The van der Waals surface area contributed by atoms with Crippen LogP contribution in [0.25, 0.3) is 0 Å². The molecule has 3 heteroatoms. The maximum atomic E-state index is 12.0. The fraction of sp³-hybridized carbons (Fsp3) is 0.409. The summed E-state index contributed by atoms with van der Waals surface area (Å²) in [6.45, 7) is 8.82. The van der Waals surface area contributed by atoms with Crippen LogP contribution >= 0.6 is 0 Å². The molecule has 25 heavy (non-hydrogen) atoms. The molecule has 0 bridgehead atoms. The molecule has 1 atom stereocenters. The second-order valence-electron chi connectivity index (χ2n) is 7.50. The molecule has 0 saturated carbocycles. The van der Waals surface area contributed by atoms with Gasteiger partial charge in [-0.3, -0.25) is 0 Å². The molecule has 0 aromatic heterocycles. The lowest BCUT2D eigenvalue weighted by molar-refractivity contribution is -0.108. The first-order valence-electron chi connectivity index (χ1n) is 8.95. The second kappa shape index (κ2) is 10.9. The summed E-state index contributed by atoms with van der Waals surface area (Å²) < 4.78 is 12.0. The maximum absolute atomic E-state index is 12.0. The molecule has 2 aromatic rings. The predicted octanol–water partition coefficient (Wildman–Crippen LogP) is 4.26. The van der Waals surface area contributed by atoms with Gasteiger partial charge in [-0.05, 0) is 17.8 Å². The standard InChI is InChI=1S/C12H10OSi.C10H20O/c13-14(11-7-3-1-4-8-11)12-9-5-2-6-10-12;1-5-9(6-7-11)8-10(2,3)4/h1-10H;7,9H,5-6,8H2,1-4H3/t;9-/m.0/s1. The van der Waals surface area contributed by atoms with Crippen molar-refractivity contribution in [3.05, 3.63) is 60.7 Å². The van der Waals surface area contributed by atoms with Gasteiger partial charge in [0.2, 0.25) is 0 Å². The quantitative estimate of drug-likeness (QED) is 0.574. The lowest BCUT2D eigenvalue weighted by Gasteiger charge is -2.23. The SMILES string of the molecule is CC[C@@H](CC=O)CC(C)(C)C.O=[Si](c1ccccc1)c1ccccc1. The summed E-state index contributed by atoms with van der Waals surface area (Å²) in [6.07, 6.45) is 4.05. The maximum Gasteiger partial charge on any atom is 0.346 e. The fourth-order valence-electron chi connectivity index (χ4n) is 2.74. The molecule has 2 aromatic carbocycles. The van der Waals surface area contributed by atoms with Crippen molar-refractivity contribution in [2.75, 3.05) is 0 Å². The molecule has 0 unspecified atom stereocenters. The normalized spacial score (nSPS) is 11.8. The van der Waals surface area contributed by atoms with E-state index in [1.165, 1.54) is 0 Å². The number of aldehydes is 1. The van der Waals surface area contributed by atoms with Crippen LogP contribution in [0.1, 0.15) is 47.0 Å². The van der Waals surface area contributed by atoms with Crippen molar-refractivity contribution in [1.29, 1.82) is 0 Å². The largest absolute Gasteiger partial charge is 0.376 e. The van der Waals surface area contributed by atoms with Gasteiger partial charge in [-0.25, -0.2) is 0 Å². The molecule has 0 fully saturated rings. The van der Waals surface area contributed by atoms with E-state index in [1.807, 2.05) is 60.7 Å². The summed E-state index contributed by atoms with van der Waals surface area (Å²) in [5.41, 5.74) is 0.365. The van der Waals surface area contributed by atoms with Crippen LogP contribution in [0, 0.1) is 11.3 Å². The highest BCUT2D eigenvalue weighted by Gasteiger charge is 2.16. The molecule has 2 rings (SSSR count). The van der Waals surface area contributed by atoms with Crippen LogP contribution in [-0.4, -0.2) is 15.0 Å². The van der Waals surface area contributed by atoms with Crippen molar-refractivity contribution in [2.45, 2.75) is 47.0 Å². The summed E-state index contributed by atoms with van der Waals surface area (Å²) in [5.74, 6) is 0.590. The highest BCUT2D eigenvalue weighted by molar-refractivity contribution is 6.72.